The van der Waals surface area contributed by atoms with Gasteiger partial charge in [-0.25, -0.2) is 4.98 Å². The third-order valence-electron chi connectivity index (χ3n) is 2.74. The van der Waals surface area contributed by atoms with E-state index < -0.39 is 16.4 Å². The van der Waals surface area contributed by atoms with Gasteiger partial charge in [0.2, 0.25) is 5.82 Å². The lowest BCUT2D eigenvalue weighted by Gasteiger charge is -2.05. The van der Waals surface area contributed by atoms with Gasteiger partial charge in [0.05, 0.1) is 4.92 Å². The molecule has 1 aromatic carbocycles. The van der Waals surface area contributed by atoms with Crippen molar-refractivity contribution in [3.63, 3.8) is 0 Å². The van der Waals surface area contributed by atoms with Crippen LogP contribution in [0.1, 0.15) is 11.4 Å². The Balaban J connectivity index is 1.88. The first-order chi connectivity index (χ1) is 9.58. The molecule has 1 heterocycles. The number of nitrogens with one attached hydrogen (secondary N) is 1. The Kier molecular flexibility index (Phi) is 4.36. The standard InChI is InChI=1S/C12H14FN5O2/c1-17-8-15-11(16-17)5-6-14-7-9-3-2-4-10(12(9)13)18(19)20/h2-4,8,14H,5-7H2,1H3. The Morgan fingerprint density at radius 3 is 2.95 bits per heavy atom. The summed E-state index contributed by atoms with van der Waals surface area (Å²) >= 11 is 0. The highest BCUT2D eigenvalue weighted by Gasteiger charge is 2.16. The van der Waals surface area contributed by atoms with Crippen molar-refractivity contribution in [1.29, 1.82) is 0 Å². The third kappa shape index (κ3) is 3.35. The topological polar surface area (TPSA) is 85.9 Å². The Morgan fingerprint density at radius 2 is 2.30 bits per heavy atom. The fourth-order valence-electron chi connectivity index (χ4n) is 1.77. The first-order valence-electron chi connectivity index (χ1n) is 6.05. The van der Waals surface area contributed by atoms with Gasteiger partial charge in [0.1, 0.15) is 6.33 Å². The molecule has 0 unspecified atom stereocenters. The minimum absolute atomic E-state index is 0.223. The first-order valence-corrected chi connectivity index (χ1v) is 6.05. The molecule has 0 spiro atoms. The highest BCUT2D eigenvalue weighted by Crippen LogP contribution is 2.19. The second-order valence-electron chi connectivity index (χ2n) is 4.27. The normalized spacial score (nSPS) is 10.7. The summed E-state index contributed by atoms with van der Waals surface area (Å²) in [6.45, 7) is 0.784. The summed E-state index contributed by atoms with van der Waals surface area (Å²) in [5, 5.41) is 17.7. The van der Waals surface area contributed by atoms with E-state index in [0.717, 1.165) is 6.07 Å². The van der Waals surface area contributed by atoms with Crippen molar-refractivity contribution in [3.05, 3.63) is 51.8 Å². The Bertz CT molecular complexity index is 614. The molecule has 20 heavy (non-hydrogen) atoms. The average molecular weight is 279 g/mol. The summed E-state index contributed by atoms with van der Waals surface area (Å²) in [5.74, 6) is -0.0968. The van der Waals surface area contributed by atoms with Crippen LogP contribution in [0.25, 0.3) is 0 Å². The molecule has 0 saturated carbocycles. The molecule has 0 bridgehead atoms. The van der Waals surface area contributed by atoms with E-state index in [1.165, 1.54) is 12.1 Å². The van der Waals surface area contributed by atoms with Gasteiger partial charge in [0.15, 0.2) is 5.82 Å². The van der Waals surface area contributed by atoms with Gasteiger partial charge in [-0.05, 0) is 0 Å². The number of aromatic nitrogens is 3. The molecule has 0 fully saturated rings. The highest BCUT2D eigenvalue weighted by molar-refractivity contribution is 5.36. The van der Waals surface area contributed by atoms with Crippen LogP contribution in [0.3, 0.4) is 0 Å². The number of hydrogen-bond acceptors (Lipinski definition) is 5. The van der Waals surface area contributed by atoms with Crippen molar-refractivity contribution >= 4 is 5.69 Å². The third-order valence-corrected chi connectivity index (χ3v) is 2.74. The lowest BCUT2D eigenvalue weighted by Crippen LogP contribution is -2.18. The highest BCUT2D eigenvalue weighted by atomic mass is 19.1. The second-order valence-corrected chi connectivity index (χ2v) is 4.27. The van der Waals surface area contributed by atoms with E-state index in [0.29, 0.717) is 18.8 Å². The zero-order valence-electron chi connectivity index (χ0n) is 10.9. The van der Waals surface area contributed by atoms with Crippen molar-refractivity contribution in [2.24, 2.45) is 7.05 Å². The predicted octanol–water partition coefficient (Wildman–Crippen LogP) is 1.19. The summed E-state index contributed by atoms with van der Waals surface area (Å²) in [4.78, 5) is 14.0. The van der Waals surface area contributed by atoms with E-state index in [-0.39, 0.29) is 12.1 Å². The number of benzene rings is 1. The summed E-state index contributed by atoms with van der Waals surface area (Å²) in [6, 6.07) is 4.14. The molecule has 1 aromatic heterocycles. The summed E-state index contributed by atoms with van der Waals surface area (Å²) in [6.07, 6.45) is 2.22. The van der Waals surface area contributed by atoms with E-state index >= 15 is 0 Å². The molecule has 2 rings (SSSR count). The molecule has 0 aliphatic carbocycles. The van der Waals surface area contributed by atoms with Crippen LogP contribution in [0.4, 0.5) is 10.1 Å². The number of aryl methyl sites for hydroxylation is 1. The van der Waals surface area contributed by atoms with Crippen LogP contribution in [0.2, 0.25) is 0 Å². The molecule has 2 aromatic rings. The van der Waals surface area contributed by atoms with Gasteiger partial charge in [-0.2, -0.15) is 9.49 Å². The van der Waals surface area contributed by atoms with Crippen LogP contribution in [0.5, 0.6) is 0 Å². The first kappa shape index (κ1) is 14.1. The molecular weight excluding hydrogens is 265 g/mol. The number of nitro benzene ring substituents is 1. The molecule has 0 atom stereocenters. The second kappa shape index (κ2) is 6.20. The van der Waals surface area contributed by atoms with E-state index in [1.54, 1.807) is 18.1 Å². The summed E-state index contributed by atoms with van der Waals surface area (Å²) in [5.41, 5.74) is -0.233. The van der Waals surface area contributed by atoms with Gasteiger partial charge in [-0.3, -0.25) is 14.8 Å². The van der Waals surface area contributed by atoms with Gasteiger partial charge in [-0.1, -0.05) is 12.1 Å². The number of rotatable bonds is 6. The molecule has 106 valence electrons. The van der Waals surface area contributed by atoms with Crippen LogP contribution in [-0.2, 0) is 20.0 Å². The molecule has 0 saturated heterocycles. The predicted molar refractivity (Wildman–Crippen MR) is 69.5 cm³/mol. The molecule has 1 N–H and O–H groups in total. The van der Waals surface area contributed by atoms with Crippen LogP contribution in [-0.4, -0.2) is 26.2 Å². The van der Waals surface area contributed by atoms with Crippen molar-refractivity contribution in [1.82, 2.24) is 20.1 Å². The number of nitro groups is 1. The Hall–Kier alpha value is -2.35. The molecular formula is C12H14FN5O2. The molecule has 0 radical (unpaired) electrons. The Labute approximate surface area is 114 Å². The number of nitrogens with zero attached hydrogens (tertiary/aromatic N) is 4. The minimum Gasteiger partial charge on any atom is -0.312 e. The zero-order valence-corrected chi connectivity index (χ0v) is 10.9. The van der Waals surface area contributed by atoms with Gasteiger partial charge < -0.3 is 5.32 Å². The zero-order chi connectivity index (χ0) is 14.5. The summed E-state index contributed by atoms with van der Waals surface area (Å²) < 4.78 is 15.4. The van der Waals surface area contributed by atoms with E-state index in [9.17, 15) is 14.5 Å². The van der Waals surface area contributed by atoms with Crippen LogP contribution >= 0.6 is 0 Å². The van der Waals surface area contributed by atoms with Crippen LogP contribution in [0, 0.1) is 15.9 Å². The largest absolute Gasteiger partial charge is 0.312 e. The lowest BCUT2D eigenvalue weighted by atomic mass is 10.2. The molecule has 0 aliphatic rings. The van der Waals surface area contributed by atoms with E-state index in [1.807, 2.05) is 0 Å². The minimum atomic E-state index is -0.791. The van der Waals surface area contributed by atoms with Crippen LogP contribution in [0.15, 0.2) is 24.5 Å². The fourth-order valence-corrected chi connectivity index (χ4v) is 1.77. The number of hydrogen-bond donors (Lipinski definition) is 1. The molecule has 7 nitrogen and oxygen atoms in total. The maximum absolute atomic E-state index is 13.8. The average Bonchev–Trinajstić information content (AvgIpc) is 2.82. The molecule has 0 amide bonds. The maximum Gasteiger partial charge on any atom is 0.305 e. The van der Waals surface area contributed by atoms with Gasteiger partial charge in [0.25, 0.3) is 0 Å². The lowest BCUT2D eigenvalue weighted by molar-refractivity contribution is -0.387. The van der Waals surface area contributed by atoms with Crippen molar-refractivity contribution in [3.8, 4) is 0 Å². The van der Waals surface area contributed by atoms with Crippen molar-refractivity contribution in [2.45, 2.75) is 13.0 Å². The summed E-state index contributed by atoms with van der Waals surface area (Å²) in [7, 11) is 1.78. The van der Waals surface area contributed by atoms with Gasteiger partial charge in [0, 0.05) is 38.2 Å². The van der Waals surface area contributed by atoms with Gasteiger partial charge >= 0.3 is 5.69 Å². The monoisotopic (exact) mass is 279 g/mol. The van der Waals surface area contributed by atoms with E-state index in [2.05, 4.69) is 15.4 Å². The van der Waals surface area contributed by atoms with Crippen molar-refractivity contribution < 1.29 is 9.31 Å². The maximum atomic E-state index is 13.8. The Morgan fingerprint density at radius 1 is 1.50 bits per heavy atom. The quantitative estimate of drug-likeness (QED) is 0.487. The van der Waals surface area contributed by atoms with Crippen molar-refractivity contribution in [2.75, 3.05) is 6.54 Å². The van der Waals surface area contributed by atoms with E-state index in [4.69, 9.17) is 0 Å². The molecule has 0 aliphatic heterocycles. The van der Waals surface area contributed by atoms with Crippen LogP contribution < -0.4 is 5.32 Å². The SMILES string of the molecule is Cn1cnc(CCNCc2cccc([N+](=O)[O-])c2F)n1. The number of halogens is 1. The fraction of sp³-hybridized carbons (Fsp3) is 0.333. The smallest absolute Gasteiger partial charge is 0.305 e. The van der Waals surface area contributed by atoms with Gasteiger partial charge in [-0.15, -0.1) is 0 Å². The molecule has 8 heteroatoms.